The number of primary amides is 1. The first-order valence-corrected chi connectivity index (χ1v) is 41.8. The fourth-order valence-electron chi connectivity index (χ4n) is 15.8. The second-order valence-corrected chi connectivity index (χ2v) is 34.1. The van der Waals surface area contributed by atoms with E-state index in [0.717, 1.165) is 54.6 Å². The highest BCUT2D eigenvalue weighted by molar-refractivity contribution is 6.35. The summed E-state index contributed by atoms with van der Waals surface area (Å²) < 4.78 is 51.3. The zero-order valence-corrected chi connectivity index (χ0v) is 71.7. The fraction of sp³-hybridized carbons (Fsp3) is 0.412. The normalized spacial score (nSPS) is 29.3. The van der Waals surface area contributed by atoms with Gasteiger partial charge in [0, 0.05) is 69.1 Å². The summed E-state index contributed by atoms with van der Waals surface area (Å²) in [6.07, 6.45) is -31.5. The molecule has 15 rings (SSSR count). The number of likely N-dealkylation sites (N-methyl/N-ethyl adjacent to an activating group) is 1. The molecule has 25 N–H and O–H groups in total. The number of fused-ring (bicyclic) bond motifs is 15. The molecule has 0 aliphatic carbocycles. The monoisotopic (exact) mass is 1860 g/mol. The number of ether oxygens (including phenoxy) is 8. The second-order valence-electron chi connectivity index (χ2n) is 32.4. The first kappa shape index (κ1) is 95.2. The number of carbonyl (C=O) groups is 8. The predicted molar refractivity (Wildman–Crippen MR) is 452 cm³/mol. The zero-order valence-electron chi connectivity index (χ0n) is 68.6. The summed E-state index contributed by atoms with van der Waals surface area (Å²) in [6, 6.07) is 12.8. The van der Waals surface area contributed by atoms with Gasteiger partial charge in [-0.15, -0.1) is 0 Å². The molecule has 3 saturated heterocycles. The Morgan fingerprint density at radius 1 is 0.633 bits per heavy atom. The Kier molecular flexibility index (Phi) is 29.7. The molecule has 7 aromatic carbocycles. The van der Waals surface area contributed by atoms with Crippen LogP contribution in [0.1, 0.15) is 121 Å². The Labute approximate surface area is 749 Å². The molecular weight excluding hydrogens is 1760 g/mol. The number of halogens is 4. The lowest BCUT2D eigenvalue weighted by Gasteiger charge is -2.46. The van der Waals surface area contributed by atoms with Crippen molar-refractivity contribution in [3.63, 3.8) is 0 Å². The molecule has 0 aromatic heterocycles. The minimum atomic E-state index is -2.41. The molecule has 8 heterocycles. The number of nitrogens with two attached hydrogens (primary N) is 2. The number of anilines is 1. The molecule has 8 aliphatic heterocycles. The maximum atomic E-state index is 16.4. The lowest BCUT2D eigenvalue weighted by Crippen LogP contribution is -2.65. The van der Waals surface area contributed by atoms with Gasteiger partial charge in [0.2, 0.25) is 53.4 Å². The van der Waals surface area contributed by atoms with Gasteiger partial charge in [0.05, 0.1) is 41.3 Å². The van der Waals surface area contributed by atoms with Gasteiger partial charge in [-0.2, -0.15) is 0 Å². The van der Waals surface area contributed by atoms with Crippen LogP contribution in [-0.4, -0.2) is 238 Å². The van der Waals surface area contributed by atoms with E-state index in [-0.39, 0.29) is 64.1 Å². The first-order chi connectivity index (χ1) is 60.6. The molecule has 3 fully saturated rings. The van der Waals surface area contributed by atoms with Crippen LogP contribution < -0.4 is 73.5 Å². The van der Waals surface area contributed by atoms with Gasteiger partial charge < -0.3 is 158 Å². The number of hydrogen-bond donors (Lipinski definition) is 23. The lowest BCUT2D eigenvalue weighted by molar-refractivity contribution is -0.350. The number of benzene rings is 7. The standard InChI is InChI=1S/C85H95Cl4N11O28/c1-32(2)15-48(92-5)77(115)98-63-65(106)36-10-13-52(46(88)20-36)122-54-22-38-23-55(72(54)127-84-70(111)68(109)73(57(31-101)125-84)128-83-69(110)67(108)66(107)56(124-83)30-93-29-34-7-6-8-42(16-34)94-75(113)39-17-40(86)24-41(87)18-39)123-53-14-11-37(21-47(53)89)71(126-59-28-85(4,91)74(112)33(3)121-59)64-82(120)100-76(114)45-25-43(102)26-51(104)60(45)44-19-35(9-12-50(44)103)61(79(117)99-64)97-80(118)62(38)96-78(116)49(27-58(90)105)95-81(63)119/h6-14,16-26,32-33,48-49,56-57,59,61-71,73-74,76,83-84,92-93,101-104,106-112,114H,15,27-31,91H2,1-5H3,(H2,90,105)(H,94,113)(H,95,119)(H,96,116)(H,97,118)(H,98,115)(H,99,117)(H,100,120)/t33-,48+,49?,56+,57+,59-,61?,62+,63?,64-,65+,66-,67-,68+,69+,70+,71+,73+,74-,76-,83-,84-,85-/m0/s1. The third kappa shape index (κ3) is 21.2. The number of aliphatic hydroxyl groups excluding tert-OH is 9. The summed E-state index contributed by atoms with van der Waals surface area (Å²) in [5.74, 6) is -14.8. The molecule has 0 radical (unpaired) electrons. The number of aliphatic hydroxyl groups is 9. The largest absolute Gasteiger partial charge is 0.508 e. The summed E-state index contributed by atoms with van der Waals surface area (Å²) in [5.41, 5.74) is 9.61. The molecule has 686 valence electrons. The summed E-state index contributed by atoms with van der Waals surface area (Å²) >= 11 is 26.8. The van der Waals surface area contributed by atoms with Crippen LogP contribution in [0.15, 0.2) is 121 Å². The van der Waals surface area contributed by atoms with Crippen LogP contribution in [0.5, 0.6) is 46.0 Å². The highest BCUT2D eigenvalue weighted by Gasteiger charge is 2.53. The second kappa shape index (κ2) is 39.9. The van der Waals surface area contributed by atoms with E-state index < -0.39 is 279 Å². The third-order valence-electron chi connectivity index (χ3n) is 22.4. The van der Waals surface area contributed by atoms with Gasteiger partial charge in [0.25, 0.3) is 5.91 Å². The Morgan fingerprint density at radius 2 is 1.27 bits per heavy atom. The van der Waals surface area contributed by atoms with Crippen molar-refractivity contribution in [2.75, 3.05) is 25.5 Å². The maximum absolute atomic E-state index is 16.4. The number of nitrogens with one attached hydrogen (secondary N) is 9. The molecule has 0 saturated carbocycles. The molecule has 39 nitrogen and oxygen atoms in total. The highest BCUT2D eigenvalue weighted by Crippen LogP contribution is 2.50. The van der Waals surface area contributed by atoms with Crippen molar-refractivity contribution in [2.45, 2.75) is 194 Å². The number of aromatic hydroxyl groups is 3. The van der Waals surface area contributed by atoms with Crippen LogP contribution in [0.2, 0.25) is 20.1 Å². The Morgan fingerprint density at radius 3 is 1.91 bits per heavy atom. The van der Waals surface area contributed by atoms with Gasteiger partial charge in [-0.25, -0.2) is 0 Å². The van der Waals surface area contributed by atoms with Crippen molar-refractivity contribution >= 4 is 99.3 Å². The average Bonchev–Trinajstić information content (AvgIpc) is 0.771. The van der Waals surface area contributed by atoms with E-state index in [9.17, 15) is 75.7 Å². The van der Waals surface area contributed by atoms with Gasteiger partial charge in [0.15, 0.2) is 30.3 Å². The van der Waals surface area contributed by atoms with Crippen molar-refractivity contribution in [3.8, 4) is 57.1 Å². The maximum Gasteiger partial charge on any atom is 0.255 e. The van der Waals surface area contributed by atoms with Crippen molar-refractivity contribution in [1.29, 1.82) is 0 Å². The quantitative estimate of drug-likeness (QED) is 0.0520. The van der Waals surface area contributed by atoms with E-state index in [0.29, 0.717) is 11.3 Å². The number of amides is 8. The number of hydrogen-bond acceptors (Lipinski definition) is 31. The topological polar surface area (TPSA) is 613 Å². The molecule has 0 spiro atoms. The van der Waals surface area contributed by atoms with Crippen LogP contribution in [0.25, 0.3) is 11.1 Å². The van der Waals surface area contributed by atoms with Crippen LogP contribution in [-0.2, 0) is 63.8 Å². The SMILES string of the molecule is CN[C@H](CC(C)C)C(=O)NC1C(=O)NC(CC(N)=O)C(=O)N[C@H]2C(=O)NC3C(=O)N[C@H](C(=O)N[C@@H](O)c4cc(O)cc(O)c4-c4cc3ccc4O)[C@H](O[C@H]3C[C@](C)(N)[C@@H](O)[C@H](C)O3)c3ccc(c(Cl)c3)Oc3cc2cc(c3O[C@@H]2O[C@H](CO)[C@@H](O[C@@H]3O[C@H](CNCc4cccc(NC(=O)c5cc(Cl)cc(Cl)c5)c4)[C@H](O)[C@H](O)[C@H]3O)[C@H](O)[C@H]2O)Oc2ccc(cc2Cl)[C@H]1O. The van der Waals surface area contributed by atoms with Crippen LogP contribution in [0.3, 0.4) is 0 Å². The zero-order chi connectivity index (χ0) is 92.5. The van der Waals surface area contributed by atoms with Gasteiger partial charge >= 0.3 is 0 Å². The molecule has 8 aliphatic rings. The molecule has 8 amide bonds. The van der Waals surface area contributed by atoms with Gasteiger partial charge in [-0.05, 0) is 146 Å². The molecule has 23 atom stereocenters. The van der Waals surface area contributed by atoms with Crippen LogP contribution in [0.4, 0.5) is 5.69 Å². The minimum Gasteiger partial charge on any atom is -0.508 e. The molecule has 3 unspecified atom stereocenters. The average molecular weight is 1860 g/mol. The van der Waals surface area contributed by atoms with Gasteiger partial charge in [0.1, 0.15) is 120 Å². The molecule has 7 aromatic rings. The third-order valence-corrected chi connectivity index (χ3v) is 23.4. The van der Waals surface area contributed by atoms with Gasteiger partial charge in [-0.1, -0.05) is 90.6 Å². The minimum absolute atomic E-state index is 0.0566. The van der Waals surface area contributed by atoms with Crippen molar-refractivity contribution in [3.05, 3.63) is 180 Å². The van der Waals surface area contributed by atoms with E-state index in [4.69, 9.17) is 95.8 Å². The Bertz CT molecular complexity index is 5350. The van der Waals surface area contributed by atoms with Crippen molar-refractivity contribution < 1.29 is 138 Å². The summed E-state index contributed by atoms with van der Waals surface area (Å²) in [4.78, 5) is 119. The number of rotatable bonds is 20. The smallest absolute Gasteiger partial charge is 0.255 e. The number of phenols is 3. The first-order valence-electron chi connectivity index (χ1n) is 40.3. The number of carbonyl (C=O) groups excluding carboxylic acids is 8. The van der Waals surface area contributed by atoms with E-state index in [1.807, 2.05) is 13.8 Å². The molecule has 11 bridgehead atoms. The highest BCUT2D eigenvalue weighted by atomic mass is 35.5. The van der Waals surface area contributed by atoms with Crippen LogP contribution in [0, 0.1) is 5.92 Å². The lowest BCUT2D eigenvalue weighted by atomic mass is 9.86. The van der Waals surface area contributed by atoms with Crippen LogP contribution >= 0.6 is 46.4 Å². The van der Waals surface area contributed by atoms with Crippen molar-refractivity contribution in [2.24, 2.45) is 17.4 Å². The summed E-state index contributed by atoms with van der Waals surface area (Å²) in [6.45, 7) is 5.24. The fourth-order valence-corrected chi connectivity index (χ4v) is 16.8. The molecular formula is C85H95Cl4N11O28. The Hall–Kier alpha value is -10.4. The van der Waals surface area contributed by atoms with E-state index in [2.05, 4.69) is 47.9 Å². The molecule has 43 heteroatoms. The van der Waals surface area contributed by atoms with Crippen molar-refractivity contribution in [1.82, 2.24) is 42.5 Å². The van der Waals surface area contributed by atoms with Gasteiger partial charge in [-0.3, -0.25) is 38.4 Å². The van der Waals surface area contributed by atoms with E-state index >= 15 is 24.0 Å². The predicted octanol–water partition coefficient (Wildman–Crippen LogP) is 2.15. The molecule has 128 heavy (non-hydrogen) atoms. The van der Waals surface area contributed by atoms with E-state index in [1.165, 1.54) is 63.4 Å². The summed E-state index contributed by atoms with van der Waals surface area (Å²) in [5, 5.41) is 164. The Balaban J connectivity index is 0.935. The number of phenolic OH excluding ortho intramolecular Hbond substituents is 3. The summed E-state index contributed by atoms with van der Waals surface area (Å²) in [7, 11) is 1.46. The van der Waals surface area contributed by atoms with E-state index in [1.54, 1.807) is 24.3 Å².